The summed E-state index contributed by atoms with van der Waals surface area (Å²) in [4.78, 5) is 4.28. The Bertz CT molecular complexity index is 798. The molecular formula is C17H12BrNO3. The van der Waals surface area contributed by atoms with E-state index in [0.29, 0.717) is 33.7 Å². The molecule has 0 aliphatic carbocycles. The Morgan fingerprint density at radius 3 is 2.14 bits per heavy atom. The summed E-state index contributed by atoms with van der Waals surface area (Å²) in [6.45, 7) is 0. The molecule has 0 spiro atoms. The zero-order chi connectivity index (χ0) is 15.2. The molecule has 4 nitrogen and oxygen atoms in total. The van der Waals surface area contributed by atoms with Gasteiger partial charge in [-0.15, -0.1) is 0 Å². The average molecular weight is 358 g/mol. The van der Waals surface area contributed by atoms with Crippen molar-refractivity contribution in [3.05, 3.63) is 77.5 Å². The number of halogens is 1. The highest BCUT2D eigenvalue weighted by Crippen LogP contribution is 2.49. The van der Waals surface area contributed by atoms with E-state index in [1.165, 1.54) is 0 Å². The summed E-state index contributed by atoms with van der Waals surface area (Å²) < 4.78 is 11.6. The summed E-state index contributed by atoms with van der Waals surface area (Å²) in [5, 5.41) is 12.0. The standard InChI is InChI=1S/C17H12BrNO3/c18-9-11-10-19-16(21-11)17(20)12-5-1-3-7-14(12)22-15-8-4-2-6-13(15)17/h1-8,10,20H,9H2. The zero-order valence-corrected chi connectivity index (χ0v) is 13.1. The van der Waals surface area contributed by atoms with E-state index >= 15 is 0 Å². The number of para-hydroxylation sites is 2. The van der Waals surface area contributed by atoms with Crippen LogP contribution in [0.25, 0.3) is 0 Å². The minimum Gasteiger partial charge on any atom is -0.457 e. The van der Waals surface area contributed by atoms with Crippen LogP contribution in [0.1, 0.15) is 22.8 Å². The molecule has 22 heavy (non-hydrogen) atoms. The van der Waals surface area contributed by atoms with Crippen molar-refractivity contribution in [3.63, 3.8) is 0 Å². The Morgan fingerprint density at radius 2 is 1.59 bits per heavy atom. The van der Waals surface area contributed by atoms with Gasteiger partial charge in [0.1, 0.15) is 17.3 Å². The predicted molar refractivity (Wildman–Crippen MR) is 84.2 cm³/mol. The van der Waals surface area contributed by atoms with Gasteiger partial charge in [-0.1, -0.05) is 52.3 Å². The molecule has 1 aromatic heterocycles. The SMILES string of the molecule is OC1(c2ncc(CBr)o2)c2ccccc2Oc2ccccc21. The van der Waals surface area contributed by atoms with E-state index in [1.807, 2.05) is 48.5 Å². The number of hydrogen-bond donors (Lipinski definition) is 1. The van der Waals surface area contributed by atoms with Crippen LogP contribution in [0.2, 0.25) is 0 Å². The zero-order valence-electron chi connectivity index (χ0n) is 11.5. The molecule has 0 fully saturated rings. The second-order valence-electron chi connectivity index (χ2n) is 5.07. The van der Waals surface area contributed by atoms with Crippen LogP contribution in [-0.4, -0.2) is 10.1 Å². The topological polar surface area (TPSA) is 55.5 Å². The molecule has 0 radical (unpaired) electrons. The molecule has 5 heteroatoms. The molecular weight excluding hydrogens is 346 g/mol. The molecule has 4 rings (SSSR count). The highest BCUT2D eigenvalue weighted by molar-refractivity contribution is 9.08. The normalized spacial score (nSPS) is 14.8. The van der Waals surface area contributed by atoms with Crippen molar-refractivity contribution >= 4 is 15.9 Å². The summed E-state index contributed by atoms with van der Waals surface area (Å²) in [5.74, 6) is 2.10. The fraction of sp³-hybridized carbons (Fsp3) is 0.118. The van der Waals surface area contributed by atoms with E-state index in [0.717, 1.165) is 0 Å². The van der Waals surface area contributed by atoms with Gasteiger partial charge in [0, 0.05) is 11.1 Å². The Morgan fingerprint density at radius 1 is 1.00 bits per heavy atom. The quantitative estimate of drug-likeness (QED) is 0.705. The largest absolute Gasteiger partial charge is 0.457 e. The van der Waals surface area contributed by atoms with Crippen LogP contribution in [0.3, 0.4) is 0 Å². The first-order valence-electron chi connectivity index (χ1n) is 6.84. The number of alkyl halides is 1. The van der Waals surface area contributed by atoms with Crippen molar-refractivity contribution in [3.8, 4) is 11.5 Å². The molecule has 0 unspecified atom stereocenters. The van der Waals surface area contributed by atoms with Gasteiger partial charge in [-0.3, -0.25) is 0 Å². The van der Waals surface area contributed by atoms with E-state index in [1.54, 1.807) is 6.20 Å². The maximum Gasteiger partial charge on any atom is 0.236 e. The lowest BCUT2D eigenvalue weighted by atomic mass is 9.83. The van der Waals surface area contributed by atoms with Gasteiger partial charge in [-0.25, -0.2) is 4.98 Å². The van der Waals surface area contributed by atoms with Crippen LogP contribution in [-0.2, 0) is 10.9 Å². The Hall–Kier alpha value is -2.11. The maximum atomic E-state index is 11.5. The molecule has 2 aromatic carbocycles. The first-order valence-corrected chi connectivity index (χ1v) is 7.96. The smallest absolute Gasteiger partial charge is 0.236 e. The van der Waals surface area contributed by atoms with E-state index in [9.17, 15) is 5.11 Å². The average Bonchev–Trinajstić information content (AvgIpc) is 3.05. The third-order valence-electron chi connectivity index (χ3n) is 3.77. The number of benzene rings is 2. The van der Waals surface area contributed by atoms with Crippen molar-refractivity contribution in [1.29, 1.82) is 0 Å². The molecule has 0 saturated heterocycles. The van der Waals surface area contributed by atoms with Crippen LogP contribution in [0.15, 0.2) is 59.1 Å². The van der Waals surface area contributed by atoms with Crippen molar-refractivity contribution in [1.82, 2.24) is 4.98 Å². The van der Waals surface area contributed by atoms with Gasteiger partial charge < -0.3 is 14.3 Å². The van der Waals surface area contributed by atoms with Gasteiger partial charge >= 0.3 is 0 Å². The fourth-order valence-corrected chi connectivity index (χ4v) is 3.00. The van der Waals surface area contributed by atoms with Crippen LogP contribution in [0.5, 0.6) is 11.5 Å². The minimum absolute atomic E-state index is 0.241. The molecule has 3 aromatic rings. The third-order valence-corrected chi connectivity index (χ3v) is 4.32. The van der Waals surface area contributed by atoms with Gasteiger partial charge in [0.05, 0.1) is 11.5 Å². The second-order valence-corrected chi connectivity index (χ2v) is 5.63. The number of fused-ring (bicyclic) bond motifs is 2. The number of nitrogens with zero attached hydrogens (tertiary/aromatic N) is 1. The summed E-state index contributed by atoms with van der Waals surface area (Å²) in [6.07, 6.45) is 1.61. The molecule has 0 atom stereocenters. The number of ether oxygens (including phenoxy) is 1. The Labute approximate surface area is 135 Å². The van der Waals surface area contributed by atoms with E-state index in [2.05, 4.69) is 20.9 Å². The fourth-order valence-electron chi connectivity index (χ4n) is 2.74. The molecule has 1 N–H and O–H groups in total. The molecule has 1 aliphatic heterocycles. The third kappa shape index (κ3) is 1.82. The Kier molecular flexibility index (Phi) is 3.06. The molecule has 0 amide bonds. The molecule has 1 aliphatic rings. The summed E-state index contributed by atoms with van der Waals surface area (Å²) in [5.41, 5.74) is -0.223. The lowest BCUT2D eigenvalue weighted by Crippen LogP contribution is -2.32. The maximum absolute atomic E-state index is 11.5. The summed E-state index contributed by atoms with van der Waals surface area (Å²) in [7, 11) is 0. The molecule has 110 valence electrons. The van der Waals surface area contributed by atoms with Crippen molar-refractivity contribution in [2.24, 2.45) is 0 Å². The van der Waals surface area contributed by atoms with Gasteiger partial charge in [0.15, 0.2) is 5.60 Å². The molecule has 0 saturated carbocycles. The number of rotatable bonds is 2. The number of oxazole rings is 1. The van der Waals surface area contributed by atoms with E-state index in [4.69, 9.17) is 9.15 Å². The highest BCUT2D eigenvalue weighted by Gasteiger charge is 2.45. The van der Waals surface area contributed by atoms with Crippen LogP contribution in [0, 0.1) is 0 Å². The van der Waals surface area contributed by atoms with E-state index < -0.39 is 5.60 Å². The van der Waals surface area contributed by atoms with Crippen LogP contribution >= 0.6 is 15.9 Å². The first-order chi connectivity index (χ1) is 10.7. The lowest BCUT2D eigenvalue weighted by Gasteiger charge is -2.33. The van der Waals surface area contributed by atoms with Gasteiger partial charge in [0.25, 0.3) is 0 Å². The van der Waals surface area contributed by atoms with Crippen LogP contribution < -0.4 is 4.74 Å². The first kappa shape index (κ1) is 13.5. The van der Waals surface area contributed by atoms with Gasteiger partial charge in [0.2, 0.25) is 5.89 Å². The molecule has 0 bridgehead atoms. The minimum atomic E-state index is -1.47. The Balaban J connectivity index is 2.01. The number of aliphatic hydroxyl groups is 1. The second kappa shape index (κ2) is 4.97. The van der Waals surface area contributed by atoms with E-state index in [-0.39, 0.29) is 5.89 Å². The monoisotopic (exact) mass is 357 g/mol. The van der Waals surface area contributed by atoms with Crippen molar-refractivity contribution in [2.45, 2.75) is 10.9 Å². The number of aromatic nitrogens is 1. The number of hydrogen-bond acceptors (Lipinski definition) is 4. The van der Waals surface area contributed by atoms with Gasteiger partial charge in [-0.05, 0) is 12.1 Å². The molecule has 2 heterocycles. The summed E-state index contributed by atoms with van der Waals surface area (Å²) >= 11 is 3.34. The van der Waals surface area contributed by atoms with Crippen LogP contribution in [0.4, 0.5) is 0 Å². The van der Waals surface area contributed by atoms with Crippen molar-refractivity contribution < 1.29 is 14.3 Å². The summed E-state index contributed by atoms with van der Waals surface area (Å²) in [6, 6.07) is 14.7. The lowest BCUT2D eigenvalue weighted by molar-refractivity contribution is 0.0808. The van der Waals surface area contributed by atoms with Crippen molar-refractivity contribution in [2.75, 3.05) is 0 Å². The van der Waals surface area contributed by atoms with Gasteiger partial charge in [-0.2, -0.15) is 0 Å². The highest BCUT2D eigenvalue weighted by atomic mass is 79.9. The predicted octanol–water partition coefficient (Wildman–Crippen LogP) is 3.96.